The summed E-state index contributed by atoms with van der Waals surface area (Å²) in [5.41, 5.74) is 8.16. The molecule has 0 saturated carbocycles. The average molecular weight is 298 g/mol. The van der Waals surface area contributed by atoms with E-state index in [0.29, 0.717) is 25.4 Å². The van der Waals surface area contributed by atoms with Crippen LogP contribution in [0.1, 0.15) is 17.5 Å². The third kappa shape index (κ3) is 2.82. The van der Waals surface area contributed by atoms with Gasteiger partial charge >= 0.3 is 0 Å². The number of ether oxygens (including phenoxy) is 1. The topological polar surface area (TPSA) is 72.6 Å². The normalized spacial score (nSPS) is 20.4. The van der Waals surface area contributed by atoms with Crippen molar-refractivity contribution in [3.05, 3.63) is 23.3 Å². The quantitative estimate of drug-likeness (QED) is 0.856. The van der Waals surface area contributed by atoms with Crippen LogP contribution in [0.4, 0.5) is 5.69 Å². The molecule has 5 nitrogen and oxygen atoms in total. The summed E-state index contributed by atoms with van der Waals surface area (Å²) in [6.07, 6.45) is 0.831. The molecule has 20 heavy (non-hydrogen) atoms. The smallest absolute Gasteiger partial charge is 0.245 e. The van der Waals surface area contributed by atoms with E-state index in [0.717, 1.165) is 17.5 Å². The predicted octanol–water partition coefficient (Wildman–Crippen LogP) is 1.54. The molecule has 1 fully saturated rings. The van der Waals surface area contributed by atoms with Gasteiger partial charge < -0.3 is 10.5 Å². The number of sulfonamides is 1. The van der Waals surface area contributed by atoms with Gasteiger partial charge in [0.1, 0.15) is 4.90 Å². The van der Waals surface area contributed by atoms with Crippen molar-refractivity contribution < 1.29 is 13.2 Å². The summed E-state index contributed by atoms with van der Waals surface area (Å²) < 4.78 is 32.0. The third-order valence-electron chi connectivity index (χ3n) is 3.89. The van der Waals surface area contributed by atoms with Crippen LogP contribution in [0.2, 0.25) is 0 Å². The van der Waals surface area contributed by atoms with Crippen molar-refractivity contribution in [1.29, 1.82) is 0 Å². The summed E-state index contributed by atoms with van der Waals surface area (Å²) >= 11 is 0. The Bertz CT molecular complexity index is 599. The Morgan fingerprint density at radius 1 is 1.35 bits per heavy atom. The monoisotopic (exact) mass is 298 g/mol. The second-order valence-electron chi connectivity index (χ2n) is 5.45. The highest BCUT2D eigenvalue weighted by molar-refractivity contribution is 7.89. The summed E-state index contributed by atoms with van der Waals surface area (Å²) in [5.74, 6) is 0.266. The van der Waals surface area contributed by atoms with E-state index < -0.39 is 10.0 Å². The van der Waals surface area contributed by atoms with Gasteiger partial charge in [0, 0.05) is 20.2 Å². The van der Waals surface area contributed by atoms with Crippen LogP contribution >= 0.6 is 0 Å². The first-order chi connectivity index (χ1) is 9.36. The van der Waals surface area contributed by atoms with E-state index in [4.69, 9.17) is 10.5 Å². The number of aryl methyl sites for hydroxylation is 2. The number of rotatable bonds is 4. The maximum absolute atomic E-state index is 12.7. The zero-order valence-electron chi connectivity index (χ0n) is 12.2. The minimum absolute atomic E-state index is 0.221. The third-order valence-corrected chi connectivity index (χ3v) is 5.82. The number of nitrogen functional groups attached to an aromatic ring is 1. The van der Waals surface area contributed by atoms with E-state index in [1.165, 1.54) is 4.31 Å². The van der Waals surface area contributed by atoms with Gasteiger partial charge in [0.25, 0.3) is 0 Å². The largest absolute Gasteiger partial charge is 0.398 e. The molecule has 0 aliphatic carbocycles. The van der Waals surface area contributed by atoms with Gasteiger partial charge in [-0.1, -0.05) is 0 Å². The Morgan fingerprint density at radius 2 is 2.00 bits per heavy atom. The molecule has 2 N–H and O–H groups in total. The molecule has 0 radical (unpaired) electrons. The van der Waals surface area contributed by atoms with Gasteiger partial charge in [-0.2, -0.15) is 4.31 Å². The maximum atomic E-state index is 12.7. The zero-order valence-corrected chi connectivity index (χ0v) is 13.0. The van der Waals surface area contributed by atoms with Gasteiger partial charge in [0.15, 0.2) is 0 Å². The summed E-state index contributed by atoms with van der Waals surface area (Å²) in [6.45, 7) is 5.44. The molecule has 1 atom stereocenters. The molecule has 0 bridgehead atoms. The molecule has 1 unspecified atom stereocenters. The molecular weight excluding hydrogens is 276 g/mol. The number of anilines is 1. The fourth-order valence-corrected chi connectivity index (χ4v) is 4.28. The Kier molecular flexibility index (Phi) is 4.36. The van der Waals surface area contributed by atoms with Gasteiger partial charge in [0.2, 0.25) is 10.0 Å². The van der Waals surface area contributed by atoms with Crippen LogP contribution in [-0.2, 0) is 14.8 Å². The Labute approximate surface area is 120 Å². The van der Waals surface area contributed by atoms with Crippen molar-refractivity contribution in [3.63, 3.8) is 0 Å². The lowest BCUT2D eigenvalue weighted by molar-refractivity contribution is 0.157. The van der Waals surface area contributed by atoms with Crippen LogP contribution in [-0.4, -0.2) is 39.5 Å². The fraction of sp³-hybridized carbons (Fsp3) is 0.571. The van der Waals surface area contributed by atoms with E-state index in [9.17, 15) is 8.42 Å². The van der Waals surface area contributed by atoms with Crippen LogP contribution in [0, 0.1) is 19.8 Å². The molecule has 1 aromatic carbocycles. The summed E-state index contributed by atoms with van der Waals surface area (Å²) in [4.78, 5) is 0.221. The van der Waals surface area contributed by atoms with Crippen LogP contribution in [0.5, 0.6) is 0 Å². The lowest BCUT2D eigenvalue weighted by Crippen LogP contribution is -2.30. The Balaban J connectivity index is 2.30. The van der Waals surface area contributed by atoms with Crippen molar-refractivity contribution in [1.82, 2.24) is 4.31 Å². The minimum atomic E-state index is -3.51. The number of methoxy groups -OCH3 is 1. The summed E-state index contributed by atoms with van der Waals surface area (Å²) in [5, 5.41) is 0. The highest BCUT2D eigenvalue weighted by Crippen LogP contribution is 2.29. The maximum Gasteiger partial charge on any atom is 0.245 e. The van der Waals surface area contributed by atoms with E-state index in [1.807, 2.05) is 13.8 Å². The average Bonchev–Trinajstić information content (AvgIpc) is 2.83. The van der Waals surface area contributed by atoms with Crippen molar-refractivity contribution in [3.8, 4) is 0 Å². The van der Waals surface area contributed by atoms with E-state index >= 15 is 0 Å². The standard InChI is InChI=1S/C14H22N2O3S/c1-10-6-13(15)14(7-11(10)2)20(17,18)16-5-4-12(8-16)9-19-3/h6-7,12H,4-5,8-9,15H2,1-3H3. The Morgan fingerprint density at radius 3 is 2.65 bits per heavy atom. The van der Waals surface area contributed by atoms with E-state index in [2.05, 4.69) is 0 Å². The summed E-state index contributed by atoms with van der Waals surface area (Å²) in [7, 11) is -1.87. The van der Waals surface area contributed by atoms with Gasteiger partial charge in [-0.3, -0.25) is 0 Å². The molecule has 0 amide bonds. The van der Waals surface area contributed by atoms with Gasteiger partial charge in [0.05, 0.1) is 12.3 Å². The first-order valence-corrected chi connectivity index (χ1v) is 8.16. The molecular formula is C14H22N2O3S. The predicted molar refractivity (Wildman–Crippen MR) is 79.1 cm³/mol. The highest BCUT2D eigenvalue weighted by atomic mass is 32.2. The van der Waals surface area contributed by atoms with Gasteiger partial charge in [-0.25, -0.2) is 8.42 Å². The SMILES string of the molecule is COCC1CCN(S(=O)(=O)c2cc(C)c(C)cc2N)C1. The number of nitrogens with two attached hydrogens (primary N) is 1. The van der Waals surface area contributed by atoms with Crippen LogP contribution in [0.3, 0.4) is 0 Å². The molecule has 2 rings (SSSR count). The highest BCUT2D eigenvalue weighted by Gasteiger charge is 2.33. The summed E-state index contributed by atoms with van der Waals surface area (Å²) in [6, 6.07) is 3.40. The van der Waals surface area contributed by atoms with Crippen LogP contribution in [0.15, 0.2) is 17.0 Å². The molecule has 1 saturated heterocycles. The van der Waals surface area contributed by atoms with Crippen molar-refractivity contribution in [2.75, 3.05) is 32.5 Å². The number of benzene rings is 1. The van der Waals surface area contributed by atoms with Gasteiger partial charge in [-0.15, -0.1) is 0 Å². The second-order valence-corrected chi connectivity index (χ2v) is 7.35. The van der Waals surface area contributed by atoms with Crippen molar-refractivity contribution >= 4 is 15.7 Å². The molecule has 1 heterocycles. The van der Waals surface area contributed by atoms with E-state index in [-0.39, 0.29) is 10.8 Å². The molecule has 0 aromatic heterocycles. The van der Waals surface area contributed by atoms with Gasteiger partial charge in [-0.05, 0) is 49.4 Å². The lowest BCUT2D eigenvalue weighted by Gasteiger charge is -2.18. The Hall–Kier alpha value is -1.11. The van der Waals surface area contributed by atoms with Crippen molar-refractivity contribution in [2.45, 2.75) is 25.2 Å². The fourth-order valence-electron chi connectivity index (χ4n) is 2.56. The number of nitrogens with zero attached hydrogens (tertiary/aromatic N) is 1. The molecule has 1 aromatic rings. The zero-order chi connectivity index (χ0) is 14.9. The second kappa shape index (κ2) is 5.71. The molecule has 1 aliphatic rings. The van der Waals surface area contributed by atoms with Crippen molar-refractivity contribution in [2.24, 2.45) is 5.92 Å². The van der Waals surface area contributed by atoms with E-state index in [1.54, 1.807) is 19.2 Å². The molecule has 112 valence electrons. The molecule has 1 aliphatic heterocycles. The van der Waals surface area contributed by atoms with Crippen LogP contribution < -0.4 is 5.73 Å². The first-order valence-electron chi connectivity index (χ1n) is 6.72. The number of hydrogen-bond donors (Lipinski definition) is 1. The first kappa shape index (κ1) is 15.3. The number of hydrogen-bond acceptors (Lipinski definition) is 4. The minimum Gasteiger partial charge on any atom is -0.398 e. The molecule has 6 heteroatoms. The van der Waals surface area contributed by atoms with Crippen LogP contribution in [0.25, 0.3) is 0 Å². The molecule has 0 spiro atoms. The lowest BCUT2D eigenvalue weighted by atomic mass is 10.1.